The zero-order valence-electron chi connectivity index (χ0n) is 11.2. The van der Waals surface area contributed by atoms with Crippen molar-refractivity contribution in [2.45, 2.75) is 19.6 Å². The molecule has 3 nitrogen and oxygen atoms in total. The van der Waals surface area contributed by atoms with Gasteiger partial charge in [-0.3, -0.25) is 0 Å². The van der Waals surface area contributed by atoms with E-state index >= 15 is 0 Å². The molecule has 2 N–H and O–H groups in total. The van der Waals surface area contributed by atoms with Crippen molar-refractivity contribution in [3.8, 4) is 5.75 Å². The fourth-order valence-electron chi connectivity index (χ4n) is 2.24. The molecule has 2 aromatic carbocycles. The number of hydrogen-bond acceptors (Lipinski definition) is 4. The molecule has 0 saturated carbocycles. The number of nitrogens with zero attached hydrogens (tertiary/aromatic N) is 1. The predicted molar refractivity (Wildman–Crippen MR) is 83.0 cm³/mol. The van der Waals surface area contributed by atoms with Crippen LogP contribution in [0, 0.1) is 0 Å². The Hall–Kier alpha value is -1.91. The van der Waals surface area contributed by atoms with Crippen molar-refractivity contribution in [2.75, 3.05) is 0 Å². The standard InChI is InChI=1S/C16H16N2OS/c1-11(17)13-7-6-12-4-2-3-5-14(12)16(13)19-10-15-18-8-9-20-15/h2-9,11H,10,17H2,1H3/t11-/m0/s1. The summed E-state index contributed by atoms with van der Waals surface area (Å²) in [5.74, 6) is 0.869. The Morgan fingerprint density at radius 1 is 1.25 bits per heavy atom. The molecule has 0 bridgehead atoms. The first-order valence-electron chi connectivity index (χ1n) is 6.54. The van der Waals surface area contributed by atoms with Gasteiger partial charge in [0.05, 0.1) is 0 Å². The van der Waals surface area contributed by atoms with Crippen molar-refractivity contribution < 1.29 is 4.74 Å². The fourth-order valence-corrected chi connectivity index (χ4v) is 2.77. The number of rotatable bonds is 4. The van der Waals surface area contributed by atoms with Crippen LogP contribution in [-0.2, 0) is 6.61 Å². The summed E-state index contributed by atoms with van der Waals surface area (Å²) in [6.07, 6.45) is 1.79. The van der Waals surface area contributed by atoms with E-state index in [-0.39, 0.29) is 6.04 Å². The van der Waals surface area contributed by atoms with E-state index < -0.39 is 0 Å². The van der Waals surface area contributed by atoms with Gasteiger partial charge in [0.25, 0.3) is 0 Å². The molecule has 1 aromatic heterocycles. The zero-order valence-corrected chi connectivity index (χ0v) is 12.1. The minimum absolute atomic E-state index is 0.0640. The van der Waals surface area contributed by atoms with E-state index in [0.29, 0.717) is 6.61 Å². The molecule has 0 saturated heterocycles. The van der Waals surface area contributed by atoms with Crippen LogP contribution in [-0.4, -0.2) is 4.98 Å². The van der Waals surface area contributed by atoms with Crippen LogP contribution in [0.2, 0.25) is 0 Å². The molecule has 0 aliphatic carbocycles. The first-order valence-corrected chi connectivity index (χ1v) is 7.42. The van der Waals surface area contributed by atoms with Crippen molar-refractivity contribution in [3.63, 3.8) is 0 Å². The highest BCUT2D eigenvalue weighted by Crippen LogP contribution is 2.33. The molecule has 0 radical (unpaired) electrons. The average molecular weight is 284 g/mol. The quantitative estimate of drug-likeness (QED) is 0.790. The minimum atomic E-state index is -0.0640. The maximum atomic E-state index is 6.06. The maximum absolute atomic E-state index is 6.06. The van der Waals surface area contributed by atoms with Crippen LogP contribution < -0.4 is 10.5 Å². The predicted octanol–water partition coefficient (Wildman–Crippen LogP) is 3.90. The highest BCUT2D eigenvalue weighted by Gasteiger charge is 2.12. The molecular formula is C16H16N2OS. The summed E-state index contributed by atoms with van der Waals surface area (Å²) in [5, 5.41) is 5.17. The van der Waals surface area contributed by atoms with Crippen molar-refractivity contribution in [1.82, 2.24) is 4.98 Å². The molecule has 0 amide bonds. The summed E-state index contributed by atoms with van der Waals surface area (Å²) in [7, 11) is 0. The molecular weight excluding hydrogens is 268 g/mol. The molecule has 1 heterocycles. The largest absolute Gasteiger partial charge is 0.485 e. The van der Waals surface area contributed by atoms with Crippen LogP contribution in [0.3, 0.4) is 0 Å². The van der Waals surface area contributed by atoms with Crippen LogP contribution in [0.4, 0.5) is 0 Å². The van der Waals surface area contributed by atoms with Gasteiger partial charge in [0.15, 0.2) is 0 Å². The number of aromatic nitrogens is 1. The second-order valence-corrected chi connectivity index (χ2v) is 5.69. The summed E-state index contributed by atoms with van der Waals surface area (Å²) >= 11 is 1.59. The minimum Gasteiger partial charge on any atom is -0.485 e. The van der Waals surface area contributed by atoms with Gasteiger partial charge < -0.3 is 10.5 Å². The van der Waals surface area contributed by atoms with Crippen LogP contribution in [0.25, 0.3) is 10.8 Å². The van der Waals surface area contributed by atoms with E-state index in [2.05, 4.69) is 23.2 Å². The Bertz CT molecular complexity index is 708. The Balaban J connectivity index is 2.03. The third-order valence-electron chi connectivity index (χ3n) is 3.22. The normalized spacial score (nSPS) is 12.5. The third kappa shape index (κ3) is 2.53. The van der Waals surface area contributed by atoms with Crippen molar-refractivity contribution >= 4 is 22.1 Å². The van der Waals surface area contributed by atoms with Crippen molar-refractivity contribution in [1.29, 1.82) is 0 Å². The molecule has 1 atom stereocenters. The lowest BCUT2D eigenvalue weighted by Gasteiger charge is -2.16. The summed E-state index contributed by atoms with van der Waals surface area (Å²) in [6.45, 7) is 2.45. The van der Waals surface area contributed by atoms with Gasteiger partial charge in [-0.2, -0.15) is 0 Å². The lowest BCUT2D eigenvalue weighted by molar-refractivity contribution is 0.305. The monoisotopic (exact) mass is 284 g/mol. The summed E-state index contributed by atoms with van der Waals surface area (Å²) in [5.41, 5.74) is 7.09. The first kappa shape index (κ1) is 13.1. The Morgan fingerprint density at radius 3 is 2.85 bits per heavy atom. The SMILES string of the molecule is C[C@H](N)c1ccc2ccccc2c1OCc1nccs1. The fraction of sp³-hybridized carbons (Fsp3) is 0.188. The van der Waals surface area contributed by atoms with E-state index in [4.69, 9.17) is 10.5 Å². The number of benzene rings is 2. The molecule has 4 heteroatoms. The van der Waals surface area contributed by atoms with E-state index in [0.717, 1.165) is 27.1 Å². The van der Waals surface area contributed by atoms with Gasteiger partial charge in [-0.15, -0.1) is 11.3 Å². The molecule has 3 rings (SSSR count). The van der Waals surface area contributed by atoms with E-state index in [1.54, 1.807) is 17.5 Å². The second-order valence-electron chi connectivity index (χ2n) is 4.71. The molecule has 3 aromatic rings. The van der Waals surface area contributed by atoms with Crippen LogP contribution in [0.1, 0.15) is 23.5 Å². The highest BCUT2D eigenvalue weighted by molar-refractivity contribution is 7.09. The van der Waals surface area contributed by atoms with Gasteiger partial charge in [-0.25, -0.2) is 4.98 Å². The van der Waals surface area contributed by atoms with Gasteiger partial charge in [0, 0.05) is 28.6 Å². The molecule has 0 fully saturated rings. The molecule has 102 valence electrons. The Kier molecular flexibility index (Phi) is 3.67. The van der Waals surface area contributed by atoms with Crippen LogP contribution in [0.5, 0.6) is 5.75 Å². The molecule has 0 spiro atoms. The summed E-state index contributed by atoms with van der Waals surface area (Å²) < 4.78 is 6.02. The average Bonchev–Trinajstić information content (AvgIpc) is 2.97. The molecule has 20 heavy (non-hydrogen) atoms. The van der Waals surface area contributed by atoms with Gasteiger partial charge in [0.2, 0.25) is 0 Å². The van der Waals surface area contributed by atoms with Gasteiger partial charge in [-0.1, -0.05) is 36.4 Å². The van der Waals surface area contributed by atoms with Gasteiger partial charge in [-0.05, 0) is 12.3 Å². The van der Waals surface area contributed by atoms with E-state index in [1.807, 2.05) is 30.5 Å². The van der Waals surface area contributed by atoms with E-state index in [9.17, 15) is 0 Å². The Morgan fingerprint density at radius 2 is 2.10 bits per heavy atom. The number of nitrogens with two attached hydrogens (primary N) is 1. The van der Waals surface area contributed by atoms with Gasteiger partial charge in [0.1, 0.15) is 17.4 Å². The second kappa shape index (κ2) is 5.61. The van der Waals surface area contributed by atoms with Crippen molar-refractivity contribution in [2.24, 2.45) is 5.73 Å². The number of fused-ring (bicyclic) bond motifs is 1. The smallest absolute Gasteiger partial charge is 0.140 e. The molecule has 0 aliphatic rings. The molecule has 0 unspecified atom stereocenters. The first-order chi connectivity index (χ1) is 9.75. The number of hydrogen-bond donors (Lipinski definition) is 1. The van der Waals surface area contributed by atoms with Crippen molar-refractivity contribution in [3.05, 3.63) is 58.5 Å². The number of thiazole rings is 1. The highest BCUT2D eigenvalue weighted by atomic mass is 32.1. The maximum Gasteiger partial charge on any atom is 0.140 e. The topological polar surface area (TPSA) is 48.1 Å². The van der Waals surface area contributed by atoms with E-state index in [1.165, 1.54) is 0 Å². The Labute approximate surface area is 122 Å². The summed E-state index contributed by atoms with van der Waals surface area (Å²) in [6, 6.07) is 12.3. The zero-order chi connectivity index (χ0) is 13.9. The lowest BCUT2D eigenvalue weighted by atomic mass is 10.0. The van der Waals surface area contributed by atoms with Crippen LogP contribution in [0.15, 0.2) is 48.0 Å². The lowest BCUT2D eigenvalue weighted by Crippen LogP contribution is -2.08. The van der Waals surface area contributed by atoms with Gasteiger partial charge >= 0.3 is 0 Å². The third-order valence-corrected chi connectivity index (χ3v) is 3.98. The number of ether oxygens (including phenoxy) is 1. The van der Waals surface area contributed by atoms with Crippen LogP contribution >= 0.6 is 11.3 Å². The molecule has 0 aliphatic heterocycles. The summed E-state index contributed by atoms with van der Waals surface area (Å²) in [4.78, 5) is 4.25.